The molecule has 0 aliphatic rings. The lowest BCUT2D eigenvalue weighted by molar-refractivity contribution is 0.224. The van der Waals surface area contributed by atoms with Crippen molar-refractivity contribution in [2.75, 3.05) is 25.5 Å². The fraction of sp³-hybridized carbons (Fsp3) is 0.368. The Morgan fingerprint density at radius 3 is 2.50 bits per heavy atom. The summed E-state index contributed by atoms with van der Waals surface area (Å²) < 4.78 is 5.73. The van der Waals surface area contributed by atoms with E-state index in [0.717, 1.165) is 30.0 Å². The Kier molecular flexibility index (Phi) is 6.61. The number of urea groups is 1. The van der Waals surface area contributed by atoms with Gasteiger partial charge in [0.15, 0.2) is 0 Å². The number of anilines is 1. The van der Waals surface area contributed by atoms with Crippen LogP contribution in [0.3, 0.4) is 0 Å². The van der Waals surface area contributed by atoms with Crippen LogP contribution in [0.5, 0.6) is 5.75 Å². The van der Waals surface area contributed by atoms with Crippen molar-refractivity contribution in [2.45, 2.75) is 26.7 Å². The summed E-state index contributed by atoms with van der Waals surface area (Å²) in [4.78, 5) is 17.8. The Hall–Kier alpha value is -2.56. The molecular weight excluding hydrogens is 302 g/mol. The van der Waals surface area contributed by atoms with E-state index in [1.54, 1.807) is 11.9 Å². The van der Waals surface area contributed by atoms with Gasteiger partial charge in [-0.1, -0.05) is 13.0 Å². The molecule has 0 atom stereocenters. The van der Waals surface area contributed by atoms with Crippen LogP contribution in [0.1, 0.15) is 25.1 Å². The Balaban J connectivity index is 1.80. The number of amides is 2. The van der Waals surface area contributed by atoms with Crippen molar-refractivity contribution in [2.24, 2.45) is 0 Å². The van der Waals surface area contributed by atoms with Crippen molar-refractivity contribution in [3.63, 3.8) is 0 Å². The fourth-order valence-electron chi connectivity index (χ4n) is 2.08. The van der Waals surface area contributed by atoms with Crippen molar-refractivity contribution in [1.82, 2.24) is 9.88 Å². The van der Waals surface area contributed by atoms with Gasteiger partial charge in [0.2, 0.25) is 0 Å². The number of nitrogens with zero attached hydrogens (tertiary/aromatic N) is 2. The summed E-state index contributed by atoms with van der Waals surface area (Å²) in [5.74, 6) is 0.780. The SMILES string of the molecule is CCc1ccc(CCOc2ccc(NC(=O)N(C)CC)cc2)nc1. The average molecular weight is 327 g/mol. The molecule has 5 nitrogen and oxygen atoms in total. The molecule has 5 heteroatoms. The molecule has 1 N–H and O–H groups in total. The number of carbonyl (C=O) groups is 1. The van der Waals surface area contributed by atoms with Crippen molar-refractivity contribution in [3.05, 3.63) is 53.9 Å². The third-order valence-electron chi connectivity index (χ3n) is 3.85. The number of pyridine rings is 1. The van der Waals surface area contributed by atoms with E-state index in [4.69, 9.17) is 4.74 Å². The third-order valence-corrected chi connectivity index (χ3v) is 3.85. The monoisotopic (exact) mass is 327 g/mol. The topological polar surface area (TPSA) is 54.5 Å². The van der Waals surface area contributed by atoms with Gasteiger partial charge in [-0.3, -0.25) is 4.98 Å². The van der Waals surface area contributed by atoms with Crippen LogP contribution in [0.25, 0.3) is 0 Å². The largest absolute Gasteiger partial charge is 0.493 e. The van der Waals surface area contributed by atoms with Crippen molar-refractivity contribution < 1.29 is 9.53 Å². The number of rotatable bonds is 7. The second kappa shape index (κ2) is 8.91. The third kappa shape index (κ3) is 5.26. The van der Waals surface area contributed by atoms with Crippen molar-refractivity contribution in [3.8, 4) is 5.75 Å². The van der Waals surface area contributed by atoms with Crippen LogP contribution in [-0.4, -0.2) is 36.1 Å². The van der Waals surface area contributed by atoms with Crippen LogP contribution in [0.2, 0.25) is 0 Å². The minimum atomic E-state index is -0.118. The van der Waals surface area contributed by atoms with E-state index in [9.17, 15) is 4.79 Å². The molecule has 0 radical (unpaired) electrons. The first-order valence-electron chi connectivity index (χ1n) is 8.31. The molecule has 1 aromatic carbocycles. The molecule has 0 aliphatic heterocycles. The summed E-state index contributed by atoms with van der Waals surface area (Å²) >= 11 is 0. The number of aryl methyl sites for hydroxylation is 1. The van der Waals surface area contributed by atoms with Crippen LogP contribution in [-0.2, 0) is 12.8 Å². The Morgan fingerprint density at radius 2 is 1.92 bits per heavy atom. The van der Waals surface area contributed by atoms with Crippen molar-refractivity contribution in [1.29, 1.82) is 0 Å². The molecule has 128 valence electrons. The first kappa shape index (κ1) is 17.8. The number of carbonyl (C=O) groups excluding carboxylic acids is 1. The van der Waals surface area contributed by atoms with Gasteiger partial charge in [-0.2, -0.15) is 0 Å². The van der Waals surface area contributed by atoms with Gasteiger partial charge in [-0.25, -0.2) is 4.79 Å². The molecule has 0 fully saturated rings. The molecule has 1 aromatic heterocycles. The van der Waals surface area contributed by atoms with Gasteiger partial charge in [-0.05, 0) is 49.2 Å². The summed E-state index contributed by atoms with van der Waals surface area (Å²) in [6.45, 7) is 5.29. The number of aromatic nitrogens is 1. The van der Waals surface area contributed by atoms with E-state index < -0.39 is 0 Å². The Bertz CT molecular complexity index is 639. The molecule has 1 heterocycles. The summed E-state index contributed by atoms with van der Waals surface area (Å²) in [5, 5.41) is 2.83. The van der Waals surface area contributed by atoms with Gasteiger partial charge in [0.05, 0.1) is 6.61 Å². The zero-order valence-corrected chi connectivity index (χ0v) is 14.6. The molecule has 0 saturated carbocycles. The quantitative estimate of drug-likeness (QED) is 0.842. The van der Waals surface area contributed by atoms with E-state index in [1.807, 2.05) is 43.5 Å². The second-order valence-corrected chi connectivity index (χ2v) is 5.58. The molecular formula is C19H25N3O2. The van der Waals surface area contributed by atoms with Crippen LogP contribution in [0.15, 0.2) is 42.6 Å². The standard InChI is InChI=1S/C19H25N3O2/c1-4-15-6-7-16(20-14-15)12-13-24-18-10-8-17(9-11-18)21-19(23)22(3)5-2/h6-11,14H,4-5,12-13H2,1-3H3,(H,21,23). The molecule has 0 unspecified atom stereocenters. The second-order valence-electron chi connectivity index (χ2n) is 5.58. The minimum Gasteiger partial charge on any atom is -0.493 e. The maximum absolute atomic E-state index is 11.8. The van der Waals surface area contributed by atoms with Gasteiger partial charge in [0, 0.05) is 37.6 Å². The summed E-state index contributed by atoms with van der Waals surface area (Å²) in [7, 11) is 1.76. The predicted molar refractivity (Wildman–Crippen MR) is 96.6 cm³/mol. The van der Waals surface area contributed by atoms with Gasteiger partial charge < -0.3 is 15.0 Å². The van der Waals surface area contributed by atoms with Crippen LogP contribution in [0.4, 0.5) is 10.5 Å². The number of hydrogen-bond acceptors (Lipinski definition) is 3. The van der Waals surface area contributed by atoms with E-state index >= 15 is 0 Å². The summed E-state index contributed by atoms with van der Waals surface area (Å²) in [5.41, 5.74) is 3.02. The van der Waals surface area contributed by atoms with Gasteiger partial charge >= 0.3 is 6.03 Å². The van der Waals surface area contributed by atoms with E-state index in [2.05, 4.69) is 23.3 Å². The predicted octanol–water partition coefficient (Wildman–Crippen LogP) is 3.75. The first-order valence-corrected chi connectivity index (χ1v) is 8.31. The van der Waals surface area contributed by atoms with Crippen LogP contribution in [0, 0.1) is 0 Å². The molecule has 0 aliphatic carbocycles. The lowest BCUT2D eigenvalue weighted by Crippen LogP contribution is -2.30. The lowest BCUT2D eigenvalue weighted by Gasteiger charge is -2.15. The van der Waals surface area contributed by atoms with Crippen LogP contribution >= 0.6 is 0 Å². The molecule has 2 aromatic rings. The van der Waals surface area contributed by atoms with Gasteiger partial charge in [-0.15, -0.1) is 0 Å². The van der Waals surface area contributed by atoms with E-state index in [-0.39, 0.29) is 6.03 Å². The zero-order valence-electron chi connectivity index (χ0n) is 14.6. The number of ether oxygens (including phenoxy) is 1. The summed E-state index contributed by atoms with van der Waals surface area (Å²) in [6.07, 6.45) is 3.69. The smallest absolute Gasteiger partial charge is 0.321 e. The van der Waals surface area contributed by atoms with Gasteiger partial charge in [0.1, 0.15) is 5.75 Å². The highest BCUT2D eigenvalue weighted by molar-refractivity contribution is 5.89. The highest BCUT2D eigenvalue weighted by atomic mass is 16.5. The molecule has 2 rings (SSSR count). The average Bonchev–Trinajstić information content (AvgIpc) is 2.63. The molecule has 2 amide bonds. The maximum atomic E-state index is 11.8. The number of benzene rings is 1. The zero-order chi connectivity index (χ0) is 17.4. The first-order chi connectivity index (χ1) is 11.6. The number of hydrogen-bond donors (Lipinski definition) is 1. The molecule has 0 spiro atoms. The lowest BCUT2D eigenvalue weighted by atomic mass is 10.2. The minimum absolute atomic E-state index is 0.118. The molecule has 0 bridgehead atoms. The fourth-order valence-corrected chi connectivity index (χ4v) is 2.08. The van der Waals surface area contributed by atoms with Crippen LogP contribution < -0.4 is 10.1 Å². The van der Waals surface area contributed by atoms with Gasteiger partial charge in [0.25, 0.3) is 0 Å². The normalized spacial score (nSPS) is 10.3. The van der Waals surface area contributed by atoms with E-state index in [1.165, 1.54) is 5.56 Å². The maximum Gasteiger partial charge on any atom is 0.321 e. The van der Waals surface area contributed by atoms with Crippen molar-refractivity contribution >= 4 is 11.7 Å². The summed E-state index contributed by atoms with van der Waals surface area (Å²) in [6, 6.07) is 11.4. The highest BCUT2D eigenvalue weighted by Gasteiger charge is 2.06. The number of nitrogens with one attached hydrogen (secondary N) is 1. The highest BCUT2D eigenvalue weighted by Crippen LogP contribution is 2.16. The van der Waals surface area contributed by atoms with E-state index in [0.29, 0.717) is 13.2 Å². The molecule has 0 saturated heterocycles. The molecule has 24 heavy (non-hydrogen) atoms. The Labute approximate surface area is 143 Å². The Morgan fingerprint density at radius 1 is 1.17 bits per heavy atom.